The fourth-order valence-corrected chi connectivity index (χ4v) is 3.94. The van der Waals surface area contributed by atoms with Gasteiger partial charge in [0.1, 0.15) is 17.6 Å². The van der Waals surface area contributed by atoms with Crippen molar-refractivity contribution >= 4 is 23.5 Å². The Bertz CT molecular complexity index is 883. The van der Waals surface area contributed by atoms with Gasteiger partial charge in [0.15, 0.2) is 0 Å². The van der Waals surface area contributed by atoms with Crippen molar-refractivity contribution in [3.05, 3.63) is 57.5 Å². The Hall–Kier alpha value is -2.31. The molecule has 156 valence electrons. The average molecular weight is 419 g/mol. The number of esters is 1. The van der Waals surface area contributed by atoms with Crippen molar-refractivity contribution in [3.63, 3.8) is 0 Å². The molecule has 0 bridgehead atoms. The maximum atomic E-state index is 13.0. The predicted octanol–water partition coefficient (Wildman–Crippen LogP) is 3.92. The van der Waals surface area contributed by atoms with Crippen LogP contribution in [0.3, 0.4) is 0 Å². The summed E-state index contributed by atoms with van der Waals surface area (Å²) in [7, 11) is 0. The van der Waals surface area contributed by atoms with E-state index in [4.69, 9.17) is 20.8 Å². The van der Waals surface area contributed by atoms with Gasteiger partial charge in [0.05, 0.1) is 12.2 Å². The Morgan fingerprint density at radius 1 is 1.07 bits per heavy atom. The first kappa shape index (κ1) is 21.4. The van der Waals surface area contributed by atoms with Crippen LogP contribution in [0.2, 0.25) is 5.02 Å². The molecule has 0 saturated carbocycles. The number of rotatable bonds is 5. The van der Waals surface area contributed by atoms with E-state index in [1.807, 2.05) is 37.8 Å². The van der Waals surface area contributed by atoms with Crippen molar-refractivity contribution in [1.29, 1.82) is 0 Å². The summed E-state index contributed by atoms with van der Waals surface area (Å²) < 4.78 is 10.9. The maximum absolute atomic E-state index is 13.0. The van der Waals surface area contributed by atoms with Crippen LogP contribution in [0.25, 0.3) is 0 Å². The first-order valence-electron chi connectivity index (χ1n) is 9.85. The maximum Gasteiger partial charge on any atom is 0.328 e. The molecule has 1 aliphatic rings. The molecule has 1 amide bonds. The number of furan rings is 1. The minimum Gasteiger partial charge on any atom is -0.466 e. The van der Waals surface area contributed by atoms with Gasteiger partial charge in [0.25, 0.3) is 5.91 Å². The number of aryl methyl sites for hydroxylation is 2. The molecule has 7 heteroatoms. The lowest BCUT2D eigenvalue weighted by Crippen LogP contribution is -2.51. The third-order valence-corrected chi connectivity index (χ3v) is 5.69. The highest BCUT2D eigenvalue weighted by molar-refractivity contribution is 6.30. The van der Waals surface area contributed by atoms with Gasteiger partial charge in [0.2, 0.25) is 0 Å². The van der Waals surface area contributed by atoms with Crippen molar-refractivity contribution < 1.29 is 18.7 Å². The monoisotopic (exact) mass is 418 g/mol. The number of halogens is 1. The van der Waals surface area contributed by atoms with Crippen LogP contribution in [0.4, 0.5) is 0 Å². The molecule has 2 aromatic rings. The first-order valence-corrected chi connectivity index (χ1v) is 10.2. The van der Waals surface area contributed by atoms with E-state index in [2.05, 4.69) is 4.90 Å². The number of hydrogen-bond acceptors (Lipinski definition) is 5. The number of piperazine rings is 1. The highest BCUT2D eigenvalue weighted by Crippen LogP contribution is 2.27. The van der Waals surface area contributed by atoms with E-state index in [0.717, 1.165) is 16.9 Å². The number of amides is 1. The molecule has 1 atom stereocenters. The number of ether oxygens (including phenoxy) is 1. The molecule has 0 spiro atoms. The highest BCUT2D eigenvalue weighted by Gasteiger charge is 2.34. The zero-order valence-corrected chi connectivity index (χ0v) is 18.1. The quantitative estimate of drug-likeness (QED) is 0.688. The van der Waals surface area contributed by atoms with E-state index in [0.29, 0.717) is 49.1 Å². The SMILES string of the molecule is CCOC(=O)C(c1ccc(Cl)cc1)N1CCN(C(=O)c2c(C)oc(C)c2C)CC1. The van der Waals surface area contributed by atoms with Crippen molar-refractivity contribution in [2.75, 3.05) is 32.8 Å². The second kappa shape index (κ2) is 9.01. The second-order valence-corrected chi connectivity index (χ2v) is 7.69. The third-order valence-electron chi connectivity index (χ3n) is 5.44. The number of nitrogens with zero attached hydrogens (tertiary/aromatic N) is 2. The Kier molecular flexibility index (Phi) is 6.65. The van der Waals surface area contributed by atoms with Crippen LogP contribution in [0, 0.1) is 20.8 Å². The number of carbonyl (C=O) groups is 2. The minimum absolute atomic E-state index is 0.0179. The lowest BCUT2D eigenvalue weighted by atomic mass is 10.0. The normalized spacial score (nSPS) is 16.0. The van der Waals surface area contributed by atoms with E-state index >= 15 is 0 Å². The van der Waals surface area contributed by atoms with Crippen molar-refractivity contribution in [2.45, 2.75) is 33.7 Å². The van der Waals surface area contributed by atoms with Crippen LogP contribution in [-0.2, 0) is 9.53 Å². The fraction of sp³-hybridized carbons (Fsp3) is 0.455. The molecular formula is C22H27ClN2O4. The van der Waals surface area contributed by atoms with Crippen LogP contribution in [-0.4, -0.2) is 54.5 Å². The van der Waals surface area contributed by atoms with Gasteiger partial charge in [-0.05, 0) is 45.4 Å². The molecule has 1 unspecified atom stereocenters. The smallest absolute Gasteiger partial charge is 0.328 e. The van der Waals surface area contributed by atoms with Gasteiger partial charge in [0, 0.05) is 36.8 Å². The molecule has 0 N–H and O–H groups in total. The highest BCUT2D eigenvalue weighted by atomic mass is 35.5. The van der Waals surface area contributed by atoms with Gasteiger partial charge in [-0.3, -0.25) is 9.69 Å². The Morgan fingerprint density at radius 2 is 1.69 bits per heavy atom. The van der Waals surface area contributed by atoms with Crippen LogP contribution in [0.5, 0.6) is 0 Å². The summed E-state index contributed by atoms with van der Waals surface area (Å²) in [6, 6.07) is 6.74. The van der Waals surface area contributed by atoms with Crippen LogP contribution in [0.1, 0.15) is 46.0 Å². The largest absolute Gasteiger partial charge is 0.466 e. The summed E-state index contributed by atoms with van der Waals surface area (Å²) in [5, 5.41) is 0.618. The Labute approximate surface area is 176 Å². The van der Waals surface area contributed by atoms with E-state index < -0.39 is 6.04 Å². The molecule has 2 heterocycles. The zero-order valence-electron chi connectivity index (χ0n) is 17.3. The van der Waals surface area contributed by atoms with Gasteiger partial charge in [-0.25, -0.2) is 4.79 Å². The number of benzene rings is 1. The summed E-state index contributed by atoms with van der Waals surface area (Å²) in [5.74, 6) is 1.12. The molecule has 1 fully saturated rings. The second-order valence-electron chi connectivity index (χ2n) is 7.25. The Balaban J connectivity index is 1.75. The fourth-order valence-electron chi connectivity index (χ4n) is 3.81. The zero-order chi connectivity index (χ0) is 21.1. The summed E-state index contributed by atoms with van der Waals surface area (Å²) in [6.45, 7) is 9.93. The molecule has 1 aliphatic heterocycles. The van der Waals surface area contributed by atoms with Crippen LogP contribution >= 0.6 is 11.6 Å². The molecule has 1 aromatic carbocycles. The molecule has 1 aromatic heterocycles. The molecule has 0 aliphatic carbocycles. The predicted molar refractivity (Wildman–Crippen MR) is 111 cm³/mol. The summed E-state index contributed by atoms with van der Waals surface area (Å²) >= 11 is 6.00. The lowest BCUT2D eigenvalue weighted by Gasteiger charge is -2.38. The Morgan fingerprint density at radius 3 is 2.21 bits per heavy atom. The van der Waals surface area contributed by atoms with E-state index in [-0.39, 0.29) is 11.9 Å². The van der Waals surface area contributed by atoms with Crippen molar-refractivity contribution in [1.82, 2.24) is 9.80 Å². The van der Waals surface area contributed by atoms with Gasteiger partial charge in [-0.2, -0.15) is 0 Å². The third kappa shape index (κ3) is 4.49. The minimum atomic E-state index is -0.510. The average Bonchev–Trinajstić information content (AvgIpc) is 2.95. The molecule has 6 nitrogen and oxygen atoms in total. The first-order chi connectivity index (χ1) is 13.8. The van der Waals surface area contributed by atoms with Crippen LogP contribution in [0.15, 0.2) is 28.7 Å². The van der Waals surface area contributed by atoms with Crippen molar-refractivity contribution in [3.8, 4) is 0 Å². The number of carbonyl (C=O) groups excluding carboxylic acids is 2. The van der Waals surface area contributed by atoms with Gasteiger partial charge >= 0.3 is 5.97 Å². The van der Waals surface area contributed by atoms with E-state index in [9.17, 15) is 9.59 Å². The lowest BCUT2D eigenvalue weighted by molar-refractivity contribution is -0.150. The van der Waals surface area contributed by atoms with Gasteiger partial charge < -0.3 is 14.1 Å². The molecule has 0 radical (unpaired) electrons. The summed E-state index contributed by atoms with van der Waals surface area (Å²) in [6.07, 6.45) is 0. The number of hydrogen-bond donors (Lipinski definition) is 0. The molecular weight excluding hydrogens is 392 g/mol. The van der Waals surface area contributed by atoms with E-state index in [1.165, 1.54) is 0 Å². The van der Waals surface area contributed by atoms with E-state index in [1.54, 1.807) is 19.1 Å². The topological polar surface area (TPSA) is 63.0 Å². The summed E-state index contributed by atoms with van der Waals surface area (Å²) in [4.78, 5) is 29.6. The van der Waals surface area contributed by atoms with Crippen molar-refractivity contribution in [2.24, 2.45) is 0 Å². The molecule has 29 heavy (non-hydrogen) atoms. The summed E-state index contributed by atoms with van der Waals surface area (Å²) in [5.41, 5.74) is 2.38. The van der Waals surface area contributed by atoms with Gasteiger partial charge in [-0.1, -0.05) is 23.7 Å². The van der Waals surface area contributed by atoms with Crippen LogP contribution < -0.4 is 0 Å². The standard InChI is InChI=1S/C22H27ClN2O4/c1-5-28-22(27)20(17-6-8-18(23)9-7-17)24-10-12-25(13-11-24)21(26)19-14(2)15(3)29-16(19)4/h6-9,20H,5,10-13H2,1-4H3. The molecule has 1 saturated heterocycles. The molecule has 3 rings (SSSR count). The van der Waals surface area contributed by atoms with Gasteiger partial charge in [-0.15, -0.1) is 0 Å².